The second kappa shape index (κ2) is 18.6. The molecule has 2 aliphatic carbocycles. The molecule has 2 aromatic rings. The maximum Gasteiger partial charge on any atom is 0.412 e. The van der Waals surface area contributed by atoms with Crippen LogP contribution in [0.3, 0.4) is 0 Å². The molecule has 6 rings (SSSR count). The Morgan fingerprint density at radius 2 is 1.22 bits per heavy atom. The molecule has 0 atom stereocenters. The quantitative estimate of drug-likeness (QED) is 0.112. The van der Waals surface area contributed by atoms with Crippen LogP contribution in [0.2, 0.25) is 0 Å². The van der Waals surface area contributed by atoms with Crippen LogP contribution in [-0.2, 0) is 54.3 Å². The molecular weight excluding hydrogens is 684 g/mol. The van der Waals surface area contributed by atoms with Crippen molar-refractivity contribution in [3.63, 3.8) is 0 Å². The zero-order valence-corrected chi connectivity index (χ0v) is 33.5. The number of carbonyl (C=O) groups excluding carboxylic acids is 4. The Hall–Kier alpha value is -4.69. The van der Waals surface area contributed by atoms with Gasteiger partial charge in [-0.2, -0.15) is 0 Å². The molecule has 4 aliphatic rings. The Labute approximate surface area is 320 Å². The molecule has 0 unspecified atom stereocenters. The number of aryl methyl sites for hydroxylation is 6. The van der Waals surface area contributed by atoms with Gasteiger partial charge in [-0.05, 0) is 149 Å². The van der Waals surface area contributed by atoms with Crippen LogP contribution in [-0.4, -0.2) is 53.5 Å². The van der Waals surface area contributed by atoms with Gasteiger partial charge in [-0.25, -0.2) is 24.2 Å². The van der Waals surface area contributed by atoms with Gasteiger partial charge >= 0.3 is 18.0 Å². The number of carbonyl (C=O) groups is 3. The number of nitrogens with zero attached hydrogens (tertiary/aromatic N) is 1. The summed E-state index contributed by atoms with van der Waals surface area (Å²) in [4.78, 5) is 50.0. The molecule has 2 saturated carbocycles. The van der Waals surface area contributed by atoms with Crippen LogP contribution >= 0.6 is 0 Å². The van der Waals surface area contributed by atoms with E-state index in [1.54, 1.807) is 6.92 Å². The first-order chi connectivity index (χ1) is 25.9. The van der Waals surface area contributed by atoms with Gasteiger partial charge in [0.15, 0.2) is 22.7 Å². The SMILES string of the molecule is CCN=C=O.CCNC(=O)OC1=C(c2c(C)cc(CC)cc2CC)C(=O)OC12CCCC2.CCc1cc(C)c(C2=C(O)C3(CCCC3)OC2=O)c(CC)c1. The minimum absolute atomic E-state index is 0.164. The van der Waals surface area contributed by atoms with E-state index in [-0.39, 0.29) is 17.7 Å². The molecule has 0 saturated heterocycles. The number of aliphatic hydroxyl groups is 1. The van der Waals surface area contributed by atoms with Gasteiger partial charge in [0.2, 0.25) is 6.08 Å². The zero-order chi connectivity index (χ0) is 39.6. The summed E-state index contributed by atoms with van der Waals surface area (Å²) in [5.41, 5.74) is 7.81. The smallest absolute Gasteiger partial charge is 0.412 e. The topological polar surface area (TPSA) is 141 Å². The molecule has 1 amide bonds. The Kier molecular flexibility index (Phi) is 14.5. The molecule has 2 aliphatic heterocycles. The molecular formula is C44H58N2O8. The fourth-order valence-electron chi connectivity index (χ4n) is 8.24. The lowest BCUT2D eigenvalue weighted by Crippen LogP contribution is -2.33. The fraction of sp³-hybridized carbons (Fsp3) is 0.545. The first-order valence-electron chi connectivity index (χ1n) is 19.8. The highest BCUT2D eigenvalue weighted by Gasteiger charge is 2.53. The maximum absolute atomic E-state index is 13.0. The number of esters is 2. The van der Waals surface area contributed by atoms with Crippen LogP contribution in [0.5, 0.6) is 0 Å². The predicted octanol–water partition coefficient (Wildman–Crippen LogP) is 9.05. The Morgan fingerprint density at radius 3 is 1.65 bits per heavy atom. The highest BCUT2D eigenvalue weighted by Crippen LogP contribution is 2.50. The van der Waals surface area contributed by atoms with Crippen LogP contribution in [0.25, 0.3) is 11.1 Å². The zero-order valence-electron chi connectivity index (χ0n) is 33.5. The number of hydrogen-bond donors (Lipinski definition) is 2. The molecule has 10 nitrogen and oxygen atoms in total. The number of amides is 1. The Morgan fingerprint density at radius 1 is 0.759 bits per heavy atom. The van der Waals surface area contributed by atoms with E-state index in [4.69, 9.17) is 19.0 Å². The summed E-state index contributed by atoms with van der Waals surface area (Å²) in [6.45, 7) is 17.1. The summed E-state index contributed by atoms with van der Waals surface area (Å²) < 4.78 is 17.2. The molecule has 2 aromatic carbocycles. The fourth-order valence-corrected chi connectivity index (χ4v) is 8.24. The van der Waals surface area contributed by atoms with Crippen LogP contribution in [0.1, 0.15) is 137 Å². The van der Waals surface area contributed by atoms with E-state index < -0.39 is 17.3 Å². The molecule has 10 heteroatoms. The maximum atomic E-state index is 13.0. The molecule has 2 spiro atoms. The Bertz CT molecular complexity index is 1840. The first-order valence-corrected chi connectivity index (χ1v) is 19.8. The highest BCUT2D eigenvalue weighted by molar-refractivity contribution is 6.21. The van der Waals surface area contributed by atoms with Gasteiger partial charge in [0.1, 0.15) is 11.1 Å². The van der Waals surface area contributed by atoms with Crippen molar-refractivity contribution in [2.24, 2.45) is 4.99 Å². The predicted molar refractivity (Wildman–Crippen MR) is 210 cm³/mol. The number of aliphatic hydroxyl groups excluding tert-OH is 1. The molecule has 0 bridgehead atoms. The van der Waals surface area contributed by atoms with E-state index in [0.29, 0.717) is 42.8 Å². The van der Waals surface area contributed by atoms with Gasteiger partial charge in [-0.15, -0.1) is 0 Å². The number of hydrogen-bond acceptors (Lipinski definition) is 9. The normalized spacial score (nSPS) is 17.8. The van der Waals surface area contributed by atoms with Crippen LogP contribution in [0.15, 0.2) is 40.8 Å². The van der Waals surface area contributed by atoms with Gasteiger partial charge in [-0.1, -0.05) is 52.0 Å². The number of isocyanates is 1. The first kappa shape index (κ1) is 42.1. The van der Waals surface area contributed by atoms with E-state index in [2.05, 4.69) is 62.3 Å². The number of rotatable bonds is 9. The van der Waals surface area contributed by atoms with Crippen LogP contribution in [0, 0.1) is 13.8 Å². The van der Waals surface area contributed by atoms with Crippen molar-refractivity contribution < 1.29 is 38.5 Å². The van der Waals surface area contributed by atoms with Crippen molar-refractivity contribution in [1.29, 1.82) is 0 Å². The third-order valence-electron chi connectivity index (χ3n) is 10.9. The van der Waals surface area contributed by atoms with Crippen molar-refractivity contribution in [1.82, 2.24) is 5.32 Å². The molecule has 0 radical (unpaired) electrons. The summed E-state index contributed by atoms with van der Waals surface area (Å²) in [5.74, 6) is -0.172. The van der Waals surface area contributed by atoms with Gasteiger partial charge < -0.3 is 24.6 Å². The van der Waals surface area contributed by atoms with Crippen molar-refractivity contribution in [3.05, 3.63) is 80.3 Å². The lowest BCUT2D eigenvalue weighted by Gasteiger charge is -2.24. The number of ether oxygens (including phenoxy) is 3. The highest BCUT2D eigenvalue weighted by atomic mass is 16.6. The average Bonchev–Trinajstić information content (AvgIpc) is 3.93. The monoisotopic (exact) mass is 742 g/mol. The number of nitrogens with one attached hydrogen (secondary N) is 1. The van der Waals surface area contributed by atoms with E-state index in [9.17, 15) is 19.5 Å². The summed E-state index contributed by atoms with van der Waals surface area (Å²) in [6.07, 6.45) is 11.2. The molecule has 2 fully saturated rings. The van der Waals surface area contributed by atoms with E-state index in [1.165, 1.54) is 17.2 Å². The van der Waals surface area contributed by atoms with Crippen LogP contribution in [0.4, 0.5) is 4.79 Å². The van der Waals surface area contributed by atoms with Gasteiger partial charge in [0, 0.05) is 13.1 Å². The summed E-state index contributed by atoms with van der Waals surface area (Å²) in [5, 5.41) is 13.4. The van der Waals surface area contributed by atoms with Crippen molar-refractivity contribution in [2.45, 2.75) is 144 Å². The van der Waals surface area contributed by atoms with Gasteiger partial charge in [0.05, 0.1) is 0 Å². The number of aliphatic imine (C=N–C) groups is 1. The minimum Gasteiger partial charge on any atom is -0.507 e. The third-order valence-corrected chi connectivity index (χ3v) is 10.9. The van der Waals surface area contributed by atoms with Crippen molar-refractivity contribution in [2.75, 3.05) is 13.1 Å². The summed E-state index contributed by atoms with van der Waals surface area (Å²) in [6, 6.07) is 8.52. The largest absolute Gasteiger partial charge is 0.507 e. The van der Waals surface area contributed by atoms with E-state index in [0.717, 1.165) is 97.6 Å². The summed E-state index contributed by atoms with van der Waals surface area (Å²) in [7, 11) is 0. The van der Waals surface area contributed by atoms with Crippen molar-refractivity contribution in [3.8, 4) is 0 Å². The molecule has 2 N–H and O–H groups in total. The van der Waals surface area contributed by atoms with E-state index in [1.807, 2.05) is 20.8 Å². The minimum atomic E-state index is -0.793. The average molecular weight is 743 g/mol. The second-order valence-electron chi connectivity index (χ2n) is 14.4. The number of alkyl carbamates (subject to hydrolysis) is 1. The van der Waals surface area contributed by atoms with E-state index >= 15 is 0 Å². The van der Waals surface area contributed by atoms with Crippen molar-refractivity contribution >= 4 is 35.3 Å². The summed E-state index contributed by atoms with van der Waals surface area (Å²) >= 11 is 0. The van der Waals surface area contributed by atoms with Gasteiger partial charge in [-0.3, -0.25) is 0 Å². The lowest BCUT2D eigenvalue weighted by molar-refractivity contribution is -0.147. The molecule has 292 valence electrons. The number of benzene rings is 2. The Balaban J connectivity index is 0.000000217. The van der Waals surface area contributed by atoms with Crippen LogP contribution < -0.4 is 5.32 Å². The second-order valence-corrected chi connectivity index (χ2v) is 14.4. The third kappa shape index (κ3) is 8.65. The standard InChI is InChI=1S/C22H29NO4.C19H24O3.C3H5NO/c1-5-15-12-14(4)17(16(6-2)13-15)18-19(26-21(25)23-7-3)22(27-20(18)24)10-8-9-11-22;1-4-13-10-12(3)15(14(5-2)11-13)16-17(20)19(22-18(16)21)8-6-7-9-19;1-2-4-3-5/h12-13H,5-11H2,1-4H3,(H,23,25);10-11,20H,4-9H2,1-3H3;2H2,1H3. The molecule has 0 aromatic heterocycles. The van der Waals surface area contributed by atoms with Gasteiger partial charge in [0.25, 0.3) is 0 Å². The molecule has 54 heavy (non-hydrogen) atoms. The molecule has 2 heterocycles. The lowest BCUT2D eigenvalue weighted by atomic mass is 9.88.